The largest absolute Gasteiger partial charge is 0.495 e. The van der Waals surface area contributed by atoms with Crippen molar-refractivity contribution < 1.29 is 42.9 Å². The minimum absolute atomic E-state index is 0.175. The minimum Gasteiger partial charge on any atom is -0.495 e. The predicted molar refractivity (Wildman–Crippen MR) is 203 cm³/mol. The number of likely N-dealkylation sites (tertiary alicyclic amines) is 1. The first kappa shape index (κ1) is 40.7. The van der Waals surface area contributed by atoms with E-state index in [2.05, 4.69) is 5.32 Å². The fraction of sp³-hybridized carbons (Fsp3) is 0.463. The highest BCUT2D eigenvalue weighted by Gasteiger charge is 2.28. The summed E-state index contributed by atoms with van der Waals surface area (Å²) in [5.41, 5.74) is 2.13. The molecule has 12 heteroatoms. The van der Waals surface area contributed by atoms with Crippen LogP contribution in [0.4, 0.5) is 16.2 Å². The van der Waals surface area contributed by atoms with Gasteiger partial charge in [0.1, 0.15) is 23.2 Å². The lowest BCUT2D eigenvalue weighted by Gasteiger charge is -2.33. The molecule has 0 atom stereocenters. The van der Waals surface area contributed by atoms with Crippen LogP contribution < -0.4 is 19.7 Å². The number of anilines is 2. The molecule has 0 bridgehead atoms. The molecular weight excluding hydrogens is 678 g/mol. The Hall–Kier alpha value is -5.10. The minimum atomic E-state index is -0.565. The molecule has 3 aromatic rings. The normalized spacial score (nSPS) is 13.2. The zero-order valence-electron chi connectivity index (χ0n) is 31.8. The smallest absolute Gasteiger partial charge is 0.410 e. The Labute approximate surface area is 312 Å². The zero-order chi connectivity index (χ0) is 38.4. The van der Waals surface area contributed by atoms with Gasteiger partial charge in [-0.25, -0.2) is 4.79 Å². The number of methoxy groups -OCH3 is 1. The number of hydrogen-bond donors (Lipinski definition) is 1. The second-order valence-corrected chi connectivity index (χ2v) is 13.8. The van der Waals surface area contributed by atoms with Crippen molar-refractivity contribution in [1.29, 1.82) is 0 Å². The molecule has 0 aliphatic carbocycles. The van der Waals surface area contributed by atoms with Crippen molar-refractivity contribution in [2.75, 3.05) is 50.7 Å². The SMILES string of the molecule is CCOC(=O)CCCCCOCc1ccccc1N(C)C(=O)c1ccc(NC(=O)c2ccccc2OC2CCN(C(=O)OC(C)(C)C)CC2)c(OC)c1. The zero-order valence-corrected chi connectivity index (χ0v) is 31.8. The van der Waals surface area contributed by atoms with Gasteiger partial charge in [-0.3, -0.25) is 14.4 Å². The summed E-state index contributed by atoms with van der Waals surface area (Å²) in [5, 5.41) is 2.91. The van der Waals surface area contributed by atoms with E-state index in [1.165, 1.54) is 7.11 Å². The highest BCUT2D eigenvalue weighted by molar-refractivity contribution is 6.09. The van der Waals surface area contributed by atoms with Gasteiger partial charge in [-0.2, -0.15) is 0 Å². The third kappa shape index (κ3) is 12.2. The number of ether oxygens (including phenoxy) is 5. The Bertz CT molecular complexity index is 1700. The first-order valence-electron chi connectivity index (χ1n) is 18.2. The van der Waals surface area contributed by atoms with Gasteiger partial charge in [0.15, 0.2) is 0 Å². The van der Waals surface area contributed by atoms with Gasteiger partial charge in [0, 0.05) is 62.8 Å². The van der Waals surface area contributed by atoms with Crippen LogP contribution in [-0.4, -0.2) is 80.9 Å². The van der Waals surface area contributed by atoms with Crippen molar-refractivity contribution in [3.8, 4) is 11.5 Å². The number of nitrogens with zero attached hydrogens (tertiary/aromatic N) is 2. The lowest BCUT2D eigenvalue weighted by Crippen LogP contribution is -2.44. The van der Waals surface area contributed by atoms with Gasteiger partial charge in [0.2, 0.25) is 0 Å². The summed E-state index contributed by atoms with van der Waals surface area (Å²) < 4.78 is 28.3. The highest BCUT2D eigenvalue weighted by atomic mass is 16.6. The molecule has 3 amide bonds. The van der Waals surface area contributed by atoms with Crippen LogP contribution in [0.15, 0.2) is 66.7 Å². The van der Waals surface area contributed by atoms with E-state index >= 15 is 0 Å². The molecule has 1 N–H and O–H groups in total. The molecule has 0 radical (unpaired) electrons. The summed E-state index contributed by atoms with van der Waals surface area (Å²) >= 11 is 0. The molecule has 12 nitrogen and oxygen atoms in total. The number of amides is 3. The van der Waals surface area contributed by atoms with Crippen molar-refractivity contribution >= 4 is 35.3 Å². The van der Waals surface area contributed by atoms with Gasteiger partial charge in [0.25, 0.3) is 11.8 Å². The molecule has 4 rings (SSSR count). The first-order valence-corrected chi connectivity index (χ1v) is 18.2. The Morgan fingerprint density at radius 3 is 2.34 bits per heavy atom. The Balaban J connectivity index is 1.34. The summed E-state index contributed by atoms with van der Waals surface area (Å²) in [6.45, 7) is 9.56. The van der Waals surface area contributed by atoms with E-state index in [4.69, 9.17) is 23.7 Å². The van der Waals surface area contributed by atoms with Gasteiger partial charge < -0.3 is 38.8 Å². The fourth-order valence-corrected chi connectivity index (χ4v) is 5.87. The van der Waals surface area contributed by atoms with E-state index in [1.54, 1.807) is 66.2 Å². The number of nitrogens with one attached hydrogen (secondary N) is 1. The van der Waals surface area contributed by atoms with E-state index < -0.39 is 11.5 Å². The van der Waals surface area contributed by atoms with Crippen LogP contribution in [0.1, 0.15) is 92.5 Å². The molecule has 0 unspecified atom stereocenters. The van der Waals surface area contributed by atoms with Crippen molar-refractivity contribution in [3.05, 3.63) is 83.4 Å². The molecule has 1 fully saturated rings. The lowest BCUT2D eigenvalue weighted by molar-refractivity contribution is -0.143. The fourth-order valence-electron chi connectivity index (χ4n) is 5.87. The molecule has 1 aliphatic heterocycles. The predicted octanol–water partition coefficient (Wildman–Crippen LogP) is 7.64. The average Bonchev–Trinajstić information content (AvgIpc) is 3.14. The monoisotopic (exact) mass is 731 g/mol. The number of benzene rings is 3. The second kappa shape index (κ2) is 19.7. The third-order valence-corrected chi connectivity index (χ3v) is 8.61. The molecule has 1 aliphatic rings. The Morgan fingerprint density at radius 2 is 1.62 bits per heavy atom. The topological polar surface area (TPSA) is 133 Å². The molecule has 0 aromatic heterocycles. The van der Waals surface area contributed by atoms with Gasteiger partial charge in [-0.15, -0.1) is 0 Å². The summed E-state index contributed by atoms with van der Waals surface area (Å²) in [6.07, 6.45) is 3.52. The van der Waals surface area contributed by atoms with E-state index in [9.17, 15) is 19.2 Å². The molecule has 53 heavy (non-hydrogen) atoms. The van der Waals surface area contributed by atoms with E-state index in [1.807, 2.05) is 45.0 Å². The number of esters is 1. The maximum absolute atomic E-state index is 13.7. The summed E-state index contributed by atoms with van der Waals surface area (Å²) in [6, 6.07) is 19.5. The van der Waals surface area contributed by atoms with E-state index in [0.717, 1.165) is 24.8 Å². The Kier molecular flexibility index (Phi) is 15.1. The van der Waals surface area contributed by atoms with Crippen LogP contribution in [-0.2, 0) is 25.6 Å². The molecule has 1 saturated heterocycles. The molecule has 286 valence electrons. The molecule has 1 heterocycles. The summed E-state index contributed by atoms with van der Waals surface area (Å²) in [7, 11) is 3.18. The Morgan fingerprint density at radius 1 is 0.906 bits per heavy atom. The number of carbonyl (C=O) groups excluding carboxylic acids is 4. The molecule has 0 spiro atoms. The van der Waals surface area contributed by atoms with Crippen LogP contribution in [0.5, 0.6) is 11.5 Å². The average molecular weight is 732 g/mol. The number of rotatable bonds is 16. The van der Waals surface area contributed by atoms with Crippen LogP contribution >= 0.6 is 0 Å². The summed E-state index contributed by atoms with van der Waals surface area (Å²) in [4.78, 5) is 54.5. The number of piperidine rings is 1. The number of carbonyl (C=O) groups is 4. The van der Waals surface area contributed by atoms with Gasteiger partial charge in [-0.05, 0) is 76.9 Å². The number of hydrogen-bond acceptors (Lipinski definition) is 9. The van der Waals surface area contributed by atoms with E-state index in [-0.39, 0.29) is 24.1 Å². The van der Waals surface area contributed by atoms with Gasteiger partial charge in [-0.1, -0.05) is 36.8 Å². The van der Waals surface area contributed by atoms with Crippen LogP contribution in [0.25, 0.3) is 0 Å². The maximum Gasteiger partial charge on any atom is 0.410 e. The van der Waals surface area contributed by atoms with Crippen molar-refractivity contribution in [2.24, 2.45) is 0 Å². The molecular formula is C41H53N3O9. The second-order valence-electron chi connectivity index (χ2n) is 13.8. The molecule has 3 aromatic carbocycles. The standard InChI is InChI=1S/C41H53N3O9/c1-7-51-37(45)19-9-8-14-26-50-28-30-15-10-12-17-34(30)43(5)39(47)29-20-21-33(36(27-29)49-6)42-38(46)32-16-11-13-18-35(32)52-31-22-24-44(25-23-31)40(48)53-41(2,3)4/h10-13,15-18,20-21,27,31H,7-9,14,19,22-26,28H2,1-6H3,(H,42,46). The van der Waals surface area contributed by atoms with Crippen LogP contribution in [0, 0.1) is 0 Å². The quantitative estimate of drug-likeness (QED) is 0.117. The number of para-hydroxylation sites is 2. The van der Waals surface area contributed by atoms with Crippen LogP contribution in [0.3, 0.4) is 0 Å². The lowest BCUT2D eigenvalue weighted by atomic mass is 10.1. The van der Waals surface area contributed by atoms with Gasteiger partial charge in [0.05, 0.1) is 31.6 Å². The van der Waals surface area contributed by atoms with Gasteiger partial charge >= 0.3 is 12.1 Å². The highest BCUT2D eigenvalue weighted by Crippen LogP contribution is 2.30. The first-order chi connectivity index (χ1) is 25.4. The van der Waals surface area contributed by atoms with Crippen molar-refractivity contribution in [3.63, 3.8) is 0 Å². The maximum atomic E-state index is 13.7. The number of unbranched alkanes of at least 4 members (excludes halogenated alkanes) is 2. The third-order valence-electron chi connectivity index (χ3n) is 8.61. The summed E-state index contributed by atoms with van der Waals surface area (Å²) in [5.74, 6) is -0.0705. The van der Waals surface area contributed by atoms with Crippen molar-refractivity contribution in [2.45, 2.75) is 84.5 Å². The molecule has 0 saturated carbocycles. The van der Waals surface area contributed by atoms with Crippen molar-refractivity contribution in [1.82, 2.24) is 4.90 Å². The van der Waals surface area contributed by atoms with E-state index in [0.29, 0.717) is 86.2 Å². The van der Waals surface area contributed by atoms with Crippen LogP contribution in [0.2, 0.25) is 0 Å².